The molecule has 4 nitrogen and oxygen atoms in total. The number of benzene rings is 3. The van der Waals surface area contributed by atoms with E-state index in [1.807, 2.05) is 36.5 Å². The van der Waals surface area contributed by atoms with Gasteiger partial charge in [-0.1, -0.05) is 42.5 Å². The summed E-state index contributed by atoms with van der Waals surface area (Å²) in [6.45, 7) is 0.616. The van der Waals surface area contributed by atoms with Crippen LogP contribution in [0, 0.1) is 17.5 Å². The quantitative estimate of drug-likeness (QED) is 0.458. The number of rotatable bonds is 5. The van der Waals surface area contributed by atoms with Crippen LogP contribution in [-0.4, -0.2) is 15.7 Å². The van der Waals surface area contributed by atoms with Crippen LogP contribution in [0.4, 0.5) is 18.9 Å². The molecule has 0 radical (unpaired) electrons. The van der Waals surface area contributed by atoms with E-state index in [1.54, 1.807) is 35.1 Å². The van der Waals surface area contributed by atoms with E-state index in [4.69, 9.17) is 0 Å². The van der Waals surface area contributed by atoms with Crippen molar-refractivity contribution in [2.45, 2.75) is 6.54 Å². The number of nitrogens with zero attached hydrogens (tertiary/aromatic N) is 2. The number of amides is 1. The lowest BCUT2D eigenvalue weighted by atomic mass is 9.98. The van der Waals surface area contributed by atoms with Crippen LogP contribution >= 0.6 is 0 Å². The van der Waals surface area contributed by atoms with E-state index in [-0.39, 0.29) is 5.56 Å². The van der Waals surface area contributed by atoms with Gasteiger partial charge in [-0.3, -0.25) is 9.48 Å². The van der Waals surface area contributed by atoms with E-state index in [9.17, 15) is 18.0 Å². The maximum Gasteiger partial charge on any atom is 0.256 e. The van der Waals surface area contributed by atoms with Gasteiger partial charge in [0.1, 0.15) is 0 Å². The van der Waals surface area contributed by atoms with Crippen LogP contribution in [0.15, 0.2) is 79.1 Å². The second-order valence-corrected chi connectivity index (χ2v) is 6.62. The Balaban J connectivity index is 1.59. The Labute approximate surface area is 170 Å². The van der Waals surface area contributed by atoms with Gasteiger partial charge in [0.05, 0.1) is 12.2 Å². The number of halogens is 3. The van der Waals surface area contributed by atoms with Crippen molar-refractivity contribution in [3.63, 3.8) is 0 Å². The zero-order chi connectivity index (χ0) is 21.1. The van der Waals surface area contributed by atoms with Crippen LogP contribution in [0.25, 0.3) is 11.1 Å². The predicted octanol–water partition coefficient (Wildman–Crippen LogP) is 5.27. The lowest BCUT2D eigenvalue weighted by molar-refractivity contribution is 0.102. The number of aromatic nitrogens is 2. The predicted molar refractivity (Wildman–Crippen MR) is 107 cm³/mol. The minimum absolute atomic E-state index is 0.279. The molecule has 0 unspecified atom stereocenters. The molecule has 0 saturated carbocycles. The molecule has 0 aliphatic heterocycles. The number of nitrogens with one attached hydrogen (secondary N) is 1. The summed E-state index contributed by atoms with van der Waals surface area (Å²) in [5.74, 6) is -5.02. The van der Waals surface area contributed by atoms with Gasteiger partial charge in [0, 0.05) is 18.0 Å². The highest BCUT2D eigenvalue weighted by Gasteiger charge is 2.18. The Morgan fingerprint density at radius 3 is 2.40 bits per heavy atom. The summed E-state index contributed by atoms with van der Waals surface area (Å²) in [4.78, 5) is 12.7. The molecule has 1 N–H and O–H groups in total. The largest absolute Gasteiger partial charge is 0.319 e. The van der Waals surface area contributed by atoms with Crippen molar-refractivity contribution in [1.82, 2.24) is 9.78 Å². The molecule has 7 heteroatoms. The fourth-order valence-corrected chi connectivity index (χ4v) is 3.12. The van der Waals surface area contributed by atoms with Crippen molar-refractivity contribution in [3.05, 3.63) is 108 Å². The molecule has 1 heterocycles. The highest BCUT2D eigenvalue weighted by Crippen LogP contribution is 2.26. The van der Waals surface area contributed by atoms with Gasteiger partial charge in [0.2, 0.25) is 0 Å². The Morgan fingerprint density at radius 1 is 0.900 bits per heavy atom. The summed E-state index contributed by atoms with van der Waals surface area (Å²) >= 11 is 0. The van der Waals surface area contributed by atoms with Gasteiger partial charge in [0.25, 0.3) is 5.91 Å². The molecule has 0 atom stereocenters. The third-order valence-electron chi connectivity index (χ3n) is 4.62. The van der Waals surface area contributed by atoms with E-state index in [0.717, 1.165) is 23.3 Å². The monoisotopic (exact) mass is 407 g/mol. The molecule has 1 amide bonds. The van der Waals surface area contributed by atoms with Crippen molar-refractivity contribution in [2.75, 3.05) is 5.32 Å². The highest BCUT2D eigenvalue weighted by molar-refractivity contribution is 6.08. The Hall–Kier alpha value is -3.87. The standard InChI is InChI=1S/C23H16F3N3O/c24-19-10-11-20(22(26)21(19)25)28-23(30)18-5-2-1-4-17(18)16-8-6-15(7-9-16)14-29-13-3-12-27-29/h1-13H,14H2,(H,28,30). The lowest BCUT2D eigenvalue weighted by Gasteiger charge is -2.12. The average molecular weight is 407 g/mol. The van der Waals surface area contributed by atoms with E-state index in [0.29, 0.717) is 12.1 Å². The van der Waals surface area contributed by atoms with Gasteiger partial charge in [-0.05, 0) is 41.0 Å². The molecule has 30 heavy (non-hydrogen) atoms. The van der Waals surface area contributed by atoms with Crippen LogP contribution in [-0.2, 0) is 6.54 Å². The van der Waals surface area contributed by atoms with Gasteiger partial charge in [-0.2, -0.15) is 5.10 Å². The Morgan fingerprint density at radius 2 is 1.67 bits per heavy atom. The molecule has 0 fully saturated rings. The topological polar surface area (TPSA) is 46.9 Å². The lowest BCUT2D eigenvalue weighted by Crippen LogP contribution is -2.15. The third kappa shape index (κ3) is 3.96. The zero-order valence-electron chi connectivity index (χ0n) is 15.6. The first kappa shape index (κ1) is 19.4. The van der Waals surface area contributed by atoms with E-state index < -0.39 is 29.0 Å². The smallest absolute Gasteiger partial charge is 0.256 e. The number of hydrogen-bond acceptors (Lipinski definition) is 2. The molecule has 4 aromatic rings. The Kier molecular flexibility index (Phi) is 5.34. The van der Waals surface area contributed by atoms with Crippen molar-refractivity contribution in [2.24, 2.45) is 0 Å². The maximum absolute atomic E-state index is 13.9. The van der Waals surface area contributed by atoms with Crippen molar-refractivity contribution in [3.8, 4) is 11.1 Å². The molecular weight excluding hydrogens is 391 g/mol. The van der Waals surface area contributed by atoms with Crippen molar-refractivity contribution < 1.29 is 18.0 Å². The molecular formula is C23H16F3N3O. The van der Waals surface area contributed by atoms with Crippen LogP contribution in [0.5, 0.6) is 0 Å². The second-order valence-electron chi connectivity index (χ2n) is 6.62. The average Bonchev–Trinajstić information content (AvgIpc) is 3.28. The SMILES string of the molecule is O=C(Nc1ccc(F)c(F)c1F)c1ccccc1-c1ccc(Cn2cccn2)cc1. The minimum atomic E-state index is -1.63. The van der Waals surface area contributed by atoms with Crippen LogP contribution in [0.1, 0.15) is 15.9 Å². The Bertz CT molecular complexity index is 1190. The number of carbonyl (C=O) groups excluding carboxylic acids is 1. The van der Waals surface area contributed by atoms with Crippen LogP contribution in [0.2, 0.25) is 0 Å². The molecule has 0 spiro atoms. The summed E-state index contributed by atoms with van der Waals surface area (Å²) in [5, 5.41) is 6.48. The summed E-state index contributed by atoms with van der Waals surface area (Å²) in [5.41, 5.74) is 2.30. The van der Waals surface area contributed by atoms with Crippen molar-refractivity contribution >= 4 is 11.6 Å². The van der Waals surface area contributed by atoms with Gasteiger partial charge in [-0.15, -0.1) is 0 Å². The molecule has 150 valence electrons. The van der Waals surface area contributed by atoms with Crippen LogP contribution < -0.4 is 5.32 Å². The van der Waals surface area contributed by atoms with Gasteiger partial charge in [-0.25, -0.2) is 13.2 Å². The molecule has 1 aromatic heterocycles. The first-order valence-corrected chi connectivity index (χ1v) is 9.13. The molecule has 0 saturated heterocycles. The van der Waals surface area contributed by atoms with Crippen LogP contribution in [0.3, 0.4) is 0 Å². The summed E-state index contributed by atoms with van der Waals surface area (Å²) < 4.78 is 42.3. The number of hydrogen-bond donors (Lipinski definition) is 1. The number of anilines is 1. The first-order chi connectivity index (χ1) is 14.5. The zero-order valence-corrected chi connectivity index (χ0v) is 15.6. The van der Waals surface area contributed by atoms with Gasteiger partial charge in [0.15, 0.2) is 17.5 Å². The molecule has 0 aliphatic carbocycles. The second kappa shape index (κ2) is 8.24. The highest BCUT2D eigenvalue weighted by atomic mass is 19.2. The number of carbonyl (C=O) groups is 1. The minimum Gasteiger partial charge on any atom is -0.319 e. The third-order valence-corrected chi connectivity index (χ3v) is 4.62. The van der Waals surface area contributed by atoms with E-state index >= 15 is 0 Å². The molecule has 0 aliphatic rings. The van der Waals surface area contributed by atoms with Gasteiger partial charge >= 0.3 is 0 Å². The molecule has 4 rings (SSSR count). The summed E-state index contributed by atoms with van der Waals surface area (Å²) in [6.07, 6.45) is 3.57. The van der Waals surface area contributed by atoms with E-state index in [2.05, 4.69) is 10.4 Å². The van der Waals surface area contributed by atoms with Crippen molar-refractivity contribution in [1.29, 1.82) is 0 Å². The fraction of sp³-hybridized carbons (Fsp3) is 0.0435. The normalized spacial score (nSPS) is 10.8. The molecule has 3 aromatic carbocycles. The maximum atomic E-state index is 13.9. The summed E-state index contributed by atoms with van der Waals surface area (Å²) in [6, 6.07) is 18.0. The molecule has 0 bridgehead atoms. The fourth-order valence-electron chi connectivity index (χ4n) is 3.12. The first-order valence-electron chi connectivity index (χ1n) is 9.13. The van der Waals surface area contributed by atoms with Gasteiger partial charge < -0.3 is 5.32 Å². The summed E-state index contributed by atoms with van der Waals surface area (Å²) in [7, 11) is 0. The van der Waals surface area contributed by atoms with E-state index in [1.165, 1.54) is 0 Å².